The van der Waals surface area contributed by atoms with Gasteiger partial charge in [-0.3, -0.25) is 4.98 Å². The van der Waals surface area contributed by atoms with E-state index in [1.54, 1.807) is 7.11 Å². The first-order valence-electron chi connectivity index (χ1n) is 12.6. The van der Waals surface area contributed by atoms with E-state index in [9.17, 15) is 0 Å². The Kier molecular flexibility index (Phi) is 7.32. The number of hydrogen-bond acceptors (Lipinski definition) is 4. The summed E-state index contributed by atoms with van der Waals surface area (Å²) in [5, 5.41) is 4.85. The lowest BCUT2D eigenvalue weighted by Gasteiger charge is -2.28. The third kappa shape index (κ3) is 4.84. The second-order valence-corrected chi connectivity index (χ2v) is 10.5. The first-order valence-corrected chi connectivity index (χ1v) is 13.4. The van der Waals surface area contributed by atoms with Crippen molar-refractivity contribution in [1.29, 1.82) is 0 Å². The molecule has 1 saturated heterocycles. The van der Waals surface area contributed by atoms with Gasteiger partial charge in [0.25, 0.3) is 0 Å². The zero-order chi connectivity index (χ0) is 27.0. The van der Waals surface area contributed by atoms with Gasteiger partial charge in [-0.05, 0) is 106 Å². The summed E-state index contributed by atoms with van der Waals surface area (Å²) in [5.74, 6) is 1.58. The minimum absolute atomic E-state index is 0.102. The average Bonchev–Trinajstić information content (AvgIpc) is 3.39. The number of nitrogens with one attached hydrogen (secondary N) is 1. The Morgan fingerprint density at radius 3 is 2.45 bits per heavy atom. The van der Waals surface area contributed by atoms with Gasteiger partial charge in [-0.2, -0.15) is 0 Å². The van der Waals surface area contributed by atoms with Crippen molar-refractivity contribution >= 4 is 34.6 Å². The molecule has 1 aliphatic rings. The number of rotatable bonds is 7. The van der Waals surface area contributed by atoms with Crippen LogP contribution >= 0.6 is 23.8 Å². The van der Waals surface area contributed by atoms with E-state index in [1.165, 1.54) is 0 Å². The second kappa shape index (κ2) is 10.7. The van der Waals surface area contributed by atoms with Crippen molar-refractivity contribution in [3.8, 4) is 17.2 Å². The lowest BCUT2D eigenvalue weighted by atomic mass is 9.96. The van der Waals surface area contributed by atoms with Crippen LogP contribution in [0.4, 0.5) is 5.69 Å². The van der Waals surface area contributed by atoms with Crippen LogP contribution in [-0.4, -0.2) is 27.9 Å². The molecule has 5 rings (SSSR count). The van der Waals surface area contributed by atoms with Crippen molar-refractivity contribution in [2.75, 3.05) is 12.0 Å². The molecule has 3 heterocycles. The van der Waals surface area contributed by atoms with E-state index in [1.807, 2.05) is 68.6 Å². The van der Waals surface area contributed by atoms with Gasteiger partial charge in [0.1, 0.15) is 11.5 Å². The summed E-state index contributed by atoms with van der Waals surface area (Å²) < 4.78 is 13.8. The van der Waals surface area contributed by atoms with Crippen LogP contribution in [0.5, 0.6) is 11.5 Å². The van der Waals surface area contributed by atoms with Crippen molar-refractivity contribution in [2.45, 2.75) is 45.9 Å². The van der Waals surface area contributed by atoms with Crippen LogP contribution in [0, 0.1) is 13.8 Å². The summed E-state index contributed by atoms with van der Waals surface area (Å²) in [6.45, 7) is 8.25. The molecule has 6 nitrogen and oxygen atoms in total. The van der Waals surface area contributed by atoms with E-state index in [-0.39, 0.29) is 18.2 Å². The fourth-order valence-corrected chi connectivity index (χ4v) is 5.71. The second-order valence-electron chi connectivity index (χ2n) is 9.64. The Labute approximate surface area is 234 Å². The number of halogens is 1. The standard InChI is InChI=1S/C30H31ClN4O2S/c1-18(2)37-23-12-10-22(11-13-23)35-29(28(33-30(35)38)25-8-6-7-15-32-25)24-16-19(3)34(20(24)4)26-17-21(31)9-14-27(26)36-5/h6-18,28-29H,1-5H3,(H,33,38)/t28-,29+/m1/s1. The van der Waals surface area contributed by atoms with Crippen molar-refractivity contribution < 1.29 is 9.47 Å². The Balaban J connectivity index is 1.65. The normalized spacial score (nSPS) is 17.1. The minimum Gasteiger partial charge on any atom is -0.495 e. The fourth-order valence-electron chi connectivity index (χ4n) is 5.20. The predicted molar refractivity (Wildman–Crippen MR) is 157 cm³/mol. The number of aryl methyl sites for hydroxylation is 1. The molecule has 196 valence electrons. The molecule has 0 saturated carbocycles. The van der Waals surface area contributed by atoms with Gasteiger partial charge < -0.3 is 24.3 Å². The first-order chi connectivity index (χ1) is 18.3. The highest BCUT2D eigenvalue weighted by atomic mass is 35.5. The van der Waals surface area contributed by atoms with Gasteiger partial charge in [-0.25, -0.2) is 0 Å². The summed E-state index contributed by atoms with van der Waals surface area (Å²) in [6.07, 6.45) is 1.92. The number of hydrogen-bond donors (Lipinski definition) is 1. The molecular formula is C30H31ClN4O2S. The fraction of sp³-hybridized carbons (Fsp3) is 0.267. The molecule has 0 amide bonds. The molecule has 4 aromatic rings. The lowest BCUT2D eigenvalue weighted by molar-refractivity contribution is 0.242. The van der Waals surface area contributed by atoms with E-state index in [0.717, 1.165) is 45.5 Å². The zero-order valence-electron chi connectivity index (χ0n) is 22.1. The van der Waals surface area contributed by atoms with Crippen LogP contribution in [0.1, 0.15) is 48.6 Å². The Hall–Kier alpha value is -3.55. The molecule has 1 aliphatic heterocycles. The van der Waals surface area contributed by atoms with Crippen LogP contribution < -0.4 is 19.7 Å². The highest BCUT2D eigenvalue weighted by molar-refractivity contribution is 7.80. The van der Waals surface area contributed by atoms with Gasteiger partial charge in [0.15, 0.2) is 5.11 Å². The summed E-state index contributed by atoms with van der Waals surface area (Å²) in [6, 6.07) is 21.7. The van der Waals surface area contributed by atoms with Gasteiger partial charge in [0, 0.05) is 28.3 Å². The average molecular weight is 547 g/mol. The summed E-state index contributed by atoms with van der Waals surface area (Å²) in [7, 11) is 1.67. The number of pyridine rings is 1. The van der Waals surface area contributed by atoms with Crippen LogP contribution in [0.2, 0.25) is 5.02 Å². The van der Waals surface area contributed by atoms with Crippen molar-refractivity contribution in [3.05, 3.63) is 101 Å². The van der Waals surface area contributed by atoms with E-state index >= 15 is 0 Å². The highest BCUT2D eigenvalue weighted by Crippen LogP contribution is 2.44. The van der Waals surface area contributed by atoms with Gasteiger partial charge in [0.2, 0.25) is 0 Å². The van der Waals surface area contributed by atoms with Gasteiger partial charge in [-0.15, -0.1) is 0 Å². The largest absolute Gasteiger partial charge is 0.495 e. The maximum absolute atomic E-state index is 6.41. The predicted octanol–water partition coefficient (Wildman–Crippen LogP) is 7.12. The van der Waals surface area contributed by atoms with Gasteiger partial charge in [-0.1, -0.05) is 17.7 Å². The molecule has 0 unspecified atom stereocenters. The highest BCUT2D eigenvalue weighted by Gasteiger charge is 2.42. The quantitative estimate of drug-likeness (QED) is 0.249. The topological polar surface area (TPSA) is 51.5 Å². The van der Waals surface area contributed by atoms with Gasteiger partial charge >= 0.3 is 0 Å². The zero-order valence-corrected chi connectivity index (χ0v) is 23.7. The van der Waals surface area contributed by atoms with Crippen LogP contribution in [0.15, 0.2) is 72.9 Å². The van der Waals surface area contributed by atoms with Crippen molar-refractivity contribution in [2.24, 2.45) is 0 Å². The van der Waals surface area contributed by atoms with Crippen LogP contribution in [0.25, 0.3) is 5.69 Å². The first kappa shape index (κ1) is 26.1. The number of thiocarbonyl (C=S) groups is 1. The molecule has 0 spiro atoms. The maximum atomic E-state index is 6.41. The van der Waals surface area contributed by atoms with Crippen LogP contribution in [-0.2, 0) is 0 Å². The van der Waals surface area contributed by atoms with E-state index in [0.29, 0.717) is 10.1 Å². The molecule has 8 heteroatoms. The van der Waals surface area contributed by atoms with Crippen LogP contribution in [0.3, 0.4) is 0 Å². The van der Waals surface area contributed by atoms with E-state index in [4.69, 9.17) is 33.3 Å². The maximum Gasteiger partial charge on any atom is 0.174 e. The molecular weight excluding hydrogens is 516 g/mol. The third-order valence-corrected chi connectivity index (χ3v) is 7.31. The number of anilines is 1. The smallest absolute Gasteiger partial charge is 0.174 e. The van der Waals surface area contributed by atoms with E-state index in [2.05, 4.69) is 51.8 Å². The number of methoxy groups -OCH3 is 1. The SMILES string of the molecule is COc1ccc(Cl)cc1-n1c(C)cc([C@H]2[C@@H](c3ccccn3)NC(=S)N2c2ccc(OC(C)C)cc2)c1C. The molecule has 2 atom stereocenters. The summed E-state index contributed by atoms with van der Waals surface area (Å²) >= 11 is 12.3. The molecule has 2 aromatic carbocycles. The summed E-state index contributed by atoms with van der Waals surface area (Å²) in [5.41, 5.74) is 6.07. The molecule has 2 aromatic heterocycles. The van der Waals surface area contributed by atoms with Crippen molar-refractivity contribution in [3.63, 3.8) is 0 Å². The monoisotopic (exact) mass is 546 g/mol. The van der Waals surface area contributed by atoms with E-state index < -0.39 is 0 Å². The number of ether oxygens (including phenoxy) is 2. The lowest BCUT2D eigenvalue weighted by Crippen LogP contribution is -2.29. The molecule has 0 bridgehead atoms. The number of aromatic nitrogens is 2. The third-order valence-electron chi connectivity index (χ3n) is 6.76. The van der Waals surface area contributed by atoms with Gasteiger partial charge in [0.05, 0.1) is 36.7 Å². The molecule has 38 heavy (non-hydrogen) atoms. The molecule has 1 fully saturated rings. The molecule has 0 radical (unpaired) electrons. The molecule has 1 N–H and O–H groups in total. The van der Waals surface area contributed by atoms with Crippen molar-refractivity contribution in [1.82, 2.24) is 14.9 Å². The Morgan fingerprint density at radius 2 is 1.79 bits per heavy atom. The Morgan fingerprint density at radius 1 is 1.03 bits per heavy atom. The minimum atomic E-state index is -0.148. The summed E-state index contributed by atoms with van der Waals surface area (Å²) in [4.78, 5) is 6.86. The molecule has 0 aliphatic carbocycles. The number of nitrogens with zero attached hydrogens (tertiary/aromatic N) is 3. The number of benzene rings is 2. The Bertz CT molecular complexity index is 1450.